The molecule has 314 valence electrons. The van der Waals surface area contributed by atoms with Crippen LogP contribution in [0.2, 0.25) is 5.02 Å². The molecule has 1 aliphatic rings. The molecular weight excluding hydrogens is 820 g/mol. The molecule has 0 aliphatic heterocycles. The standard InChI is InChI=1S/C45H43ClN6O8S/c1-25-32(4-2-5-33(25)45-51-38-10-8-26(13-40(38)61-45)18-49-22-30(53)15-41(55)56)34-6-3-7-36-35(34)9-11-39(36)60-44-37(46)14-29(21-50-23-31(54)16-42(57)58)43(52-44)59-24-28-12-27(17-47)19-48-20-28/h2-8,10,12-14,19-20,30-31,39,49-50,53-54H,9,11,15-16,18,21-24H2,1H3,(H,55,56)(H,57,58)/t30-,31-,39-/m0/s1. The van der Waals surface area contributed by atoms with Crippen LogP contribution in [0.3, 0.4) is 0 Å². The molecule has 16 heteroatoms. The molecule has 0 fully saturated rings. The Labute approximate surface area is 360 Å². The van der Waals surface area contributed by atoms with Crippen LogP contribution >= 0.6 is 22.9 Å². The molecule has 61 heavy (non-hydrogen) atoms. The molecule has 0 radical (unpaired) electrons. The lowest BCUT2D eigenvalue weighted by Crippen LogP contribution is -2.28. The third-order valence-corrected chi connectivity index (χ3v) is 11.6. The number of aromatic nitrogens is 3. The van der Waals surface area contributed by atoms with Crippen LogP contribution in [0.1, 0.15) is 64.3 Å². The third-order valence-electron chi connectivity index (χ3n) is 10.3. The van der Waals surface area contributed by atoms with E-state index >= 15 is 0 Å². The molecule has 6 N–H and O–H groups in total. The number of nitriles is 1. The van der Waals surface area contributed by atoms with Gasteiger partial charge in [0.05, 0.1) is 40.8 Å². The zero-order chi connectivity index (χ0) is 43.0. The Bertz CT molecular complexity index is 2620. The summed E-state index contributed by atoms with van der Waals surface area (Å²) in [5.41, 5.74) is 9.99. The van der Waals surface area contributed by atoms with E-state index in [0.717, 1.165) is 55.0 Å². The van der Waals surface area contributed by atoms with Gasteiger partial charge in [-0.25, -0.2) is 4.98 Å². The molecule has 0 spiro atoms. The van der Waals surface area contributed by atoms with Crippen LogP contribution in [0.4, 0.5) is 0 Å². The van der Waals surface area contributed by atoms with Crippen LogP contribution in [0.5, 0.6) is 11.8 Å². The Morgan fingerprint density at radius 2 is 1.62 bits per heavy atom. The van der Waals surface area contributed by atoms with Crippen molar-refractivity contribution in [2.75, 3.05) is 13.1 Å². The van der Waals surface area contributed by atoms with E-state index in [9.17, 15) is 25.1 Å². The summed E-state index contributed by atoms with van der Waals surface area (Å²) >= 11 is 8.41. The summed E-state index contributed by atoms with van der Waals surface area (Å²) in [6, 6.07) is 23.9. The molecule has 6 aromatic rings. The van der Waals surface area contributed by atoms with E-state index in [1.165, 1.54) is 11.8 Å². The van der Waals surface area contributed by atoms with Crippen LogP contribution in [-0.2, 0) is 35.7 Å². The van der Waals surface area contributed by atoms with Crippen molar-refractivity contribution in [3.05, 3.63) is 123 Å². The average Bonchev–Trinajstić information content (AvgIpc) is 3.85. The molecule has 3 aromatic heterocycles. The minimum absolute atomic E-state index is 0.0195. The fourth-order valence-electron chi connectivity index (χ4n) is 7.39. The lowest BCUT2D eigenvalue weighted by Gasteiger charge is -2.19. The smallest absolute Gasteiger partial charge is 0.306 e. The van der Waals surface area contributed by atoms with Crippen molar-refractivity contribution >= 4 is 45.1 Å². The molecule has 0 unspecified atom stereocenters. The largest absolute Gasteiger partial charge is 0.481 e. The van der Waals surface area contributed by atoms with Crippen molar-refractivity contribution < 1.29 is 39.5 Å². The highest BCUT2D eigenvalue weighted by Gasteiger charge is 2.29. The van der Waals surface area contributed by atoms with Gasteiger partial charge in [-0.05, 0) is 77.4 Å². The lowest BCUT2D eigenvalue weighted by atomic mass is 9.91. The van der Waals surface area contributed by atoms with E-state index in [4.69, 9.17) is 41.3 Å². The maximum Gasteiger partial charge on any atom is 0.306 e. The van der Waals surface area contributed by atoms with Crippen LogP contribution in [0.15, 0.2) is 79.1 Å². The average molecular weight is 863 g/mol. The first-order chi connectivity index (χ1) is 29.4. The fourth-order valence-corrected chi connectivity index (χ4v) is 8.72. The van der Waals surface area contributed by atoms with Gasteiger partial charge in [-0.15, -0.1) is 11.3 Å². The summed E-state index contributed by atoms with van der Waals surface area (Å²) in [7, 11) is 0. The van der Waals surface area contributed by atoms with Crippen LogP contribution < -0.4 is 20.1 Å². The molecule has 0 amide bonds. The van der Waals surface area contributed by atoms with Gasteiger partial charge in [0.25, 0.3) is 0 Å². The monoisotopic (exact) mass is 862 g/mol. The lowest BCUT2D eigenvalue weighted by molar-refractivity contribution is -0.140. The second-order valence-electron chi connectivity index (χ2n) is 14.8. The summed E-state index contributed by atoms with van der Waals surface area (Å²) in [5, 5.41) is 54.6. The Kier molecular flexibility index (Phi) is 13.8. The number of carboxylic acids is 2. The number of aliphatic hydroxyl groups excluding tert-OH is 2. The van der Waals surface area contributed by atoms with Crippen molar-refractivity contribution in [2.45, 2.75) is 70.6 Å². The number of nitrogens with zero attached hydrogens (tertiary/aromatic N) is 4. The highest BCUT2D eigenvalue weighted by atomic mass is 35.5. The number of carbonyl (C=O) groups is 2. The van der Waals surface area contributed by atoms with Crippen LogP contribution in [0, 0.1) is 18.3 Å². The molecular formula is C45H43ClN6O8S. The number of thiazole rings is 1. The number of hydrogen-bond donors (Lipinski definition) is 6. The highest BCUT2D eigenvalue weighted by molar-refractivity contribution is 7.21. The van der Waals surface area contributed by atoms with Gasteiger partial charge in [0.2, 0.25) is 11.8 Å². The number of hydrogen-bond acceptors (Lipinski definition) is 13. The summed E-state index contributed by atoms with van der Waals surface area (Å²) in [5.74, 6) is -1.74. The molecule has 0 saturated heterocycles. The fraction of sp³-hybridized carbons (Fsp3) is 0.289. The molecule has 7 rings (SSSR count). The SMILES string of the molecule is Cc1c(-c2nc3ccc(CNC[C@@H](O)CC(=O)O)cc3s2)cccc1-c1cccc2c1CC[C@@H]2Oc1nc(OCc2cncc(C#N)c2)c(CNC[C@@H](O)CC(=O)O)cc1Cl. The second-order valence-corrected chi connectivity index (χ2v) is 16.2. The summed E-state index contributed by atoms with van der Waals surface area (Å²) in [6.45, 7) is 3.02. The van der Waals surface area contributed by atoms with E-state index < -0.39 is 30.6 Å². The molecule has 14 nitrogen and oxygen atoms in total. The Hall–Kier alpha value is -5.99. The predicted octanol–water partition coefficient (Wildman–Crippen LogP) is 6.75. The molecule has 1 aliphatic carbocycles. The second kappa shape index (κ2) is 19.6. The number of nitrogens with one attached hydrogen (secondary N) is 2. The van der Waals surface area contributed by atoms with Gasteiger partial charge in [-0.1, -0.05) is 54.1 Å². The predicted molar refractivity (Wildman–Crippen MR) is 229 cm³/mol. The zero-order valence-electron chi connectivity index (χ0n) is 33.1. The third kappa shape index (κ3) is 10.7. The number of halogens is 1. The normalized spacial score (nSPS) is 14.3. The van der Waals surface area contributed by atoms with E-state index in [-0.39, 0.29) is 55.5 Å². The quantitative estimate of drug-likeness (QED) is 0.0496. The van der Waals surface area contributed by atoms with Gasteiger partial charge in [0.1, 0.15) is 28.8 Å². The number of fused-ring (bicyclic) bond motifs is 2. The minimum Gasteiger partial charge on any atom is -0.481 e. The van der Waals surface area contributed by atoms with E-state index in [2.05, 4.69) is 58.9 Å². The maximum absolute atomic E-state index is 11.0. The first-order valence-electron chi connectivity index (χ1n) is 19.6. The molecule has 0 bridgehead atoms. The van der Waals surface area contributed by atoms with E-state index in [1.807, 2.05) is 24.3 Å². The Morgan fingerprint density at radius 3 is 2.38 bits per heavy atom. The first-order valence-corrected chi connectivity index (χ1v) is 20.8. The number of aliphatic hydroxyl groups is 2. The van der Waals surface area contributed by atoms with Gasteiger partial charge in [0, 0.05) is 55.3 Å². The highest BCUT2D eigenvalue weighted by Crippen LogP contribution is 2.44. The van der Waals surface area contributed by atoms with Crippen molar-refractivity contribution in [1.29, 1.82) is 5.26 Å². The molecule has 0 saturated carbocycles. The summed E-state index contributed by atoms with van der Waals surface area (Å²) in [4.78, 5) is 35.7. The number of pyridine rings is 2. The van der Waals surface area contributed by atoms with Gasteiger partial charge in [0.15, 0.2) is 0 Å². The van der Waals surface area contributed by atoms with Crippen molar-refractivity contribution in [3.8, 4) is 39.5 Å². The first kappa shape index (κ1) is 43.1. The topological polar surface area (TPSA) is 220 Å². The van der Waals surface area contributed by atoms with Crippen molar-refractivity contribution in [3.63, 3.8) is 0 Å². The summed E-state index contributed by atoms with van der Waals surface area (Å²) in [6.07, 6.45) is 1.38. The number of benzene rings is 3. The number of rotatable bonds is 19. The van der Waals surface area contributed by atoms with Gasteiger partial charge in [-0.3, -0.25) is 14.6 Å². The van der Waals surface area contributed by atoms with Crippen LogP contribution in [0.25, 0.3) is 31.9 Å². The Balaban J connectivity index is 1.10. The number of ether oxygens (including phenoxy) is 2. The van der Waals surface area contributed by atoms with E-state index in [1.54, 1.807) is 29.7 Å². The number of aliphatic carboxylic acids is 2. The van der Waals surface area contributed by atoms with Gasteiger partial charge in [-0.2, -0.15) is 10.2 Å². The van der Waals surface area contributed by atoms with Crippen LogP contribution in [-0.4, -0.2) is 72.6 Å². The van der Waals surface area contributed by atoms with Crippen molar-refractivity contribution in [2.24, 2.45) is 0 Å². The number of carboxylic acid groups (broad SMARTS) is 2. The van der Waals surface area contributed by atoms with Crippen molar-refractivity contribution in [1.82, 2.24) is 25.6 Å². The molecule has 3 aromatic carbocycles. The summed E-state index contributed by atoms with van der Waals surface area (Å²) < 4.78 is 13.7. The Morgan fingerprint density at radius 1 is 0.902 bits per heavy atom. The maximum atomic E-state index is 11.0. The molecule has 3 atom stereocenters. The molecule has 3 heterocycles. The van der Waals surface area contributed by atoms with Gasteiger partial charge >= 0.3 is 11.9 Å². The minimum atomic E-state index is -1.11. The zero-order valence-corrected chi connectivity index (χ0v) is 34.7. The van der Waals surface area contributed by atoms with Gasteiger partial charge < -0.3 is 40.5 Å². The van der Waals surface area contributed by atoms with E-state index in [0.29, 0.717) is 29.7 Å².